The van der Waals surface area contributed by atoms with E-state index in [-0.39, 0.29) is 10.8 Å². The minimum atomic E-state index is -2.10. The van der Waals surface area contributed by atoms with E-state index in [0.29, 0.717) is 0 Å². The summed E-state index contributed by atoms with van der Waals surface area (Å²) in [6, 6.07) is 0. The van der Waals surface area contributed by atoms with Gasteiger partial charge in [-0.3, -0.25) is 4.79 Å². The zero-order valence-electron chi connectivity index (χ0n) is 12.8. The van der Waals surface area contributed by atoms with Crippen molar-refractivity contribution >= 4 is 28.3 Å². The summed E-state index contributed by atoms with van der Waals surface area (Å²) in [6.45, 7) is 8.40. The number of nitrogen functional groups attached to an aromatic ring is 1. The highest BCUT2D eigenvalue weighted by molar-refractivity contribution is 7.13. The number of primary amides is 1. The fourth-order valence-corrected chi connectivity index (χ4v) is 2.25. The summed E-state index contributed by atoms with van der Waals surface area (Å²) in [4.78, 5) is 28.5. The molecule has 118 valence electrons. The number of nitrogens with zero attached hydrogens (tertiary/aromatic N) is 1. The van der Waals surface area contributed by atoms with Crippen molar-refractivity contribution in [3.05, 3.63) is 11.1 Å². The van der Waals surface area contributed by atoms with Crippen molar-refractivity contribution in [3.63, 3.8) is 0 Å². The van der Waals surface area contributed by atoms with Gasteiger partial charge < -0.3 is 20.9 Å². The van der Waals surface area contributed by atoms with Crippen molar-refractivity contribution in [2.75, 3.05) is 5.73 Å². The van der Waals surface area contributed by atoms with Gasteiger partial charge in [-0.1, -0.05) is 0 Å². The van der Waals surface area contributed by atoms with Gasteiger partial charge in [-0.25, -0.2) is 9.78 Å². The average Bonchev–Trinajstić information content (AvgIpc) is 2.69. The summed E-state index contributed by atoms with van der Waals surface area (Å²) in [6.07, 6.45) is -0.451. The molecule has 0 aliphatic heterocycles. The lowest BCUT2D eigenvalue weighted by molar-refractivity contribution is -0.193. The fourth-order valence-electron chi connectivity index (χ4n) is 1.65. The highest BCUT2D eigenvalue weighted by Gasteiger charge is 2.53. The zero-order chi connectivity index (χ0) is 16.4. The van der Waals surface area contributed by atoms with Gasteiger partial charge in [0.1, 0.15) is 11.3 Å². The van der Waals surface area contributed by atoms with E-state index < -0.39 is 29.2 Å². The summed E-state index contributed by atoms with van der Waals surface area (Å²) < 4.78 is 10.8. The van der Waals surface area contributed by atoms with Crippen molar-refractivity contribution in [2.24, 2.45) is 5.73 Å². The number of hydrogen-bond acceptors (Lipinski definition) is 7. The van der Waals surface area contributed by atoms with Crippen molar-refractivity contribution in [2.45, 2.75) is 51.9 Å². The number of carbonyl (C=O) groups excluding carboxylic acids is 2. The number of rotatable bonds is 5. The first-order valence-electron chi connectivity index (χ1n) is 6.41. The Bertz CT molecular complexity index is 536. The highest BCUT2D eigenvalue weighted by Crippen LogP contribution is 2.32. The molecule has 0 fully saturated rings. The molecule has 1 unspecified atom stereocenters. The van der Waals surface area contributed by atoms with Gasteiger partial charge in [-0.05, 0) is 34.6 Å². The smallest absolute Gasteiger partial charge is 0.355 e. The first-order chi connectivity index (χ1) is 9.49. The van der Waals surface area contributed by atoms with Crippen LogP contribution in [0.15, 0.2) is 5.38 Å². The molecule has 1 aromatic heterocycles. The summed E-state index contributed by atoms with van der Waals surface area (Å²) in [5, 5.41) is 1.67. The summed E-state index contributed by atoms with van der Waals surface area (Å²) in [5.41, 5.74) is 8.16. The molecule has 1 heterocycles. The first-order valence-corrected chi connectivity index (χ1v) is 7.29. The van der Waals surface area contributed by atoms with Crippen LogP contribution in [0.5, 0.6) is 0 Å². The van der Waals surface area contributed by atoms with Crippen LogP contribution >= 0.6 is 11.3 Å². The van der Waals surface area contributed by atoms with Gasteiger partial charge in [0.25, 0.3) is 11.5 Å². The lowest BCUT2D eigenvalue weighted by atomic mass is 9.98. The molecular weight excluding hydrogens is 294 g/mol. The zero-order valence-corrected chi connectivity index (χ0v) is 13.6. The summed E-state index contributed by atoms with van der Waals surface area (Å²) in [7, 11) is 0. The quantitative estimate of drug-likeness (QED) is 0.622. The Morgan fingerprint density at radius 1 is 1.33 bits per heavy atom. The van der Waals surface area contributed by atoms with E-state index in [9.17, 15) is 9.59 Å². The Labute approximate surface area is 127 Å². The predicted octanol–water partition coefficient (Wildman–Crippen LogP) is 1.17. The molecule has 0 bridgehead atoms. The standard InChI is InChI=1S/C13H21N3O4S/c1-7(2)19-13(9(14)17,8-6-21-11(15)16-8)10(18)20-12(3,4)5/h6-7H,1-5H3,(H2,14,17)(H2,15,16). The molecule has 0 saturated heterocycles. The van der Waals surface area contributed by atoms with Crippen LogP contribution in [0.25, 0.3) is 0 Å². The van der Waals surface area contributed by atoms with Crippen LogP contribution in [0.2, 0.25) is 0 Å². The predicted molar refractivity (Wildman–Crippen MR) is 79.5 cm³/mol. The van der Waals surface area contributed by atoms with Gasteiger partial charge in [0.15, 0.2) is 5.13 Å². The SMILES string of the molecule is CC(C)OC(C(N)=O)(C(=O)OC(C)(C)C)c1csc(N)n1. The van der Waals surface area contributed by atoms with E-state index in [1.807, 2.05) is 0 Å². The number of esters is 1. The monoisotopic (exact) mass is 315 g/mol. The molecule has 0 spiro atoms. The molecule has 1 rings (SSSR count). The van der Waals surface area contributed by atoms with E-state index in [4.69, 9.17) is 20.9 Å². The van der Waals surface area contributed by atoms with Gasteiger partial charge in [0.2, 0.25) is 0 Å². The second-order valence-electron chi connectivity index (χ2n) is 5.78. The molecule has 1 amide bonds. The molecule has 0 aliphatic carbocycles. The number of hydrogen-bond donors (Lipinski definition) is 2. The van der Waals surface area contributed by atoms with Gasteiger partial charge in [0.05, 0.1) is 6.10 Å². The number of thiazole rings is 1. The fraction of sp³-hybridized carbons (Fsp3) is 0.615. The van der Waals surface area contributed by atoms with Crippen molar-refractivity contribution in [1.82, 2.24) is 4.98 Å². The molecule has 0 aliphatic rings. The Morgan fingerprint density at radius 3 is 2.24 bits per heavy atom. The molecule has 8 heteroatoms. The molecule has 21 heavy (non-hydrogen) atoms. The summed E-state index contributed by atoms with van der Waals surface area (Å²) >= 11 is 1.08. The van der Waals surface area contributed by atoms with Gasteiger partial charge in [0, 0.05) is 5.38 Å². The van der Waals surface area contributed by atoms with Crippen LogP contribution in [0, 0.1) is 0 Å². The van der Waals surface area contributed by atoms with E-state index in [2.05, 4.69) is 4.98 Å². The summed E-state index contributed by atoms with van der Waals surface area (Å²) in [5.74, 6) is -1.89. The largest absolute Gasteiger partial charge is 0.457 e. The van der Waals surface area contributed by atoms with Gasteiger partial charge in [-0.15, -0.1) is 11.3 Å². The third kappa shape index (κ3) is 3.92. The van der Waals surface area contributed by atoms with Crippen LogP contribution in [0.1, 0.15) is 40.3 Å². The van der Waals surface area contributed by atoms with Gasteiger partial charge >= 0.3 is 5.97 Å². The number of aromatic nitrogens is 1. The number of amides is 1. The molecule has 0 aromatic carbocycles. The number of anilines is 1. The van der Waals surface area contributed by atoms with Crippen LogP contribution in [-0.2, 0) is 24.7 Å². The van der Waals surface area contributed by atoms with Crippen LogP contribution in [0.3, 0.4) is 0 Å². The minimum Gasteiger partial charge on any atom is -0.457 e. The molecular formula is C13H21N3O4S. The lowest BCUT2D eigenvalue weighted by Gasteiger charge is -2.32. The second-order valence-corrected chi connectivity index (χ2v) is 6.67. The normalized spacial score (nSPS) is 14.8. The van der Waals surface area contributed by atoms with Crippen LogP contribution in [-0.4, -0.2) is 28.6 Å². The second kappa shape index (κ2) is 5.98. The third-order valence-electron chi connectivity index (χ3n) is 2.33. The number of nitrogens with two attached hydrogens (primary N) is 2. The highest BCUT2D eigenvalue weighted by atomic mass is 32.1. The Kier molecular flexibility index (Phi) is 4.95. The van der Waals surface area contributed by atoms with Crippen molar-refractivity contribution in [3.8, 4) is 0 Å². The van der Waals surface area contributed by atoms with Crippen molar-refractivity contribution < 1.29 is 19.1 Å². The van der Waals surface area contributed by atoms with E-state index in [1.165, 1.54) is 5.38 Å². The van der Waals surface area contributed by atoms with Gasteiger partial charge in [-0.2, -0.15) is 0 Å². The number of ether oxygens (including phenoxy) is 2. The topological polar surface area (TPSA) is 118 Å². The van der Waals surface area contributed by atoms with Crippen LogP contribution in [0.4, 0.5) is 5.13 Å². The maximum atomic E-state index is 12.5. The third-order valence-corrected chi connectivity index (χ3v) is 3.00. The molecule has 1 atom stereocenters. The molecule has 1 aromatic rings. The van der Waals surface area contributed by atoms with Crippen LogP contribution < -0.4 is 11.5 Å². The first kappa shape index (κ1) is 17.4. The van der Waals surface area contributed by atoms with E-state index in [1.54, 1.807) is 34.6 Å². The maximum absolute atomic E-state index is 12.5. The van der Waals surface area contributed by atoms with E-state index in [0.717, 1.165) is 11.3 Å². The Morgan fingerprint density at radius 2 is 1.90 bits per heavy atom. The van der Waals surface area contributed by atoms with E-state index >= 15 is 0 Å². The minimum absolute atomic E-state index is 0.0421. The average molecular weight is 315 g/mol. The van der Waals surface area contributed by atoms with Crippen molar-refractivity contribution in [1.29, 1.82) is 0 Å². The molecule has 0 saturated carbocycles. The molecule has 0 radical (unpaired) electrons. The number of carbonyl (C=O) groups is 2. The Hall–Kier alpha value is -1.67. The maximum Gasteiger partial charge on any atom is 0.355 e. The lowest BCUT2D eigenvalue weighted by Crippen LogP contribution is -2.54. The molecule has 7 nitrogen and oxygen atoms in total. The Balaban J connectivity index is 3.38. The molecule has 4 N–H and O–H groups in total.